The van der Waals surface area contributed by atoms with Gasteiger partial charge in [-0.1, -0.05) is 0 Å². The molecule has 114 valence electrons. The summed E-state index contributed by atoms with van der Waals surface area (Å²) in [7, 11) is 0. The summed E-state index contributed by atoms with van der Waals surface area (Å²) in [5.74, 6) is -0.296. The average Bonchev–Trinajstić information content (AvgIpc) is 2.96. The standard InChI is InChI=1S/C14H24N2O4/c17-13(18)4-3-11-5-7-16(8-6-11)14(19)15-10-12-2-1-9-20-12/h11-12H,1-10H2,(H,15,19)(H,17,18). The molecule has 2 rings (SSSR count). The zero-order chi connectivity index (χ0) is 14.4. The van der Waals surface area contributed by atoms with Crippen molar-refractivity contribution >= 4 is 12.0 Å². The quantitative estimate of drug-likeness (QED) is 0.801. The second kappa shape index (κ2) is 7.47. The first-order valence-electron chi connectivity index (χ1n) is 7.51. The number of nitrogens with zero attached hydrogens (tertiary/aromatic N) is 1. The Morgan fingerprint density at radius 3 is 2.60 bits per heavy atom. The Hall–Kier alpha value is -1.30. The monoisotopic (exact) mass is 284 g/mol. The van der Waals surface area contributed by atoms with Gasteiger partial charge >= 0.3 is 12.0 Å². The Bertz CT molecular complexity index is 334. The van der Waals surface area contributed by atoms with Gasteiger partial charge in [-0.15, -0.1) is 0 Å². The smallest absolute Gasteiger partial charge is 0.317 e. The number of nitrogens with one attached hydrogen (secondary N) is 1. The fraction of sp³-hybridized carbons (Fsp3) is 0.857. The minimum absolute atomic E-state index is 0.0165. The first kappa shape index (κ1) is 15.1. The number of amides is 2. The molecule has 2 fully saturated rings. The molecule has 1 atom stereocenters. The molecule has 2 N–H and O–H groups in total. The highest BCUT2D eigenvalue weighted by atomic mass is 16.5. The van der Waals surface area contributed by atoms with E-state index in [1.165, 1.54) is 0 Å². The summed E-state index contributed by atoms with van der Waals surface area (Å²) in [4.78, 5) is 24.4. The maximum absolute atomic E-state index is 12.0. The van der Waals surface area contributed by atoms with Gasteiger partial charge in [-0.2, -0.15) is 0 Å². The zero-order valence-corrected chi connectivity index (χ0v) is 11.8. The van der Waals surface area contributed by atoms with Crippen molar-refractivity contribution in [3.8, 4) is 0 Å². The van der Waals surface area contributed by atoms with Crippen molar-refractivity contribution in [3.63, 3.8) is 0 Å². The van der Waals surface area contributed by atoms with Gasteiger partial charge < -0.3 is 20.1 Å². The Labute approximate surface area is 119 Å². The number of hydrogen-bond donors (Lipinski definition) is 2. The molecule has 2 aliphatic rings. The highest BCUT2D eigenvalue weighted by Crippen LogP contribution is 2.21. The number of likely N-dealkylation sites (tertiary alicyclic amines) is 1. The van der Waals surface area contributed by atoms with Gasteiger partial charge in [0.1, 0.15) is 0 Å². The van der Waals surface area contributed by atoms with Gasteiger partial charge in [0.2, 0.25) is 0 Å². The molecular weight excluding hydrogens is 260 g/mol. The first-order valence-corrected chi connectivity index (χ1v) is 7.51. The van der Waals surface area contributed by atoms with Crippen LogP contribution in [0.1, 0.15) is 38.5 Å². The third-order valence-electron chi connectivity index (χ3n) is 4.17. The number of hydrogen-bond acceptors (Lipinski definition) is 3. The van der Waals surface area contributed by atoms with Gasteiger partial charge in [0.25, 0.3) is 0 Å². The lowest BCUT2D eigenvalue weighted by molar-refractivity contribution is -0.137. The van der Waals surface area contributed by atoms with Crippen LogP contribution in [0, 0.1) is 5.92 Å². The molecule has 0 aromatic heterocycles. The first-order chi connectivity index (χ1) is 9.65. The second-order valence-electron chi connectivity index (χ2n) is 5.68. The molecule has 6 nitrogen and oxygen atoms in total. The normalized spacial score (nSPS) is 23.8. The third-order valence-corrected chi connectivity index (χ3v) is 4.17. The van der Waals surface area contributed by atoms with Crippen LogP contribution in [0.2, 0.25) is 0 Å². The molecule has 2 aliphatic heterocycles. The molecule has 0 aliphatic carbocycles. The second-order valence-corrected chi connectivity index (χ2v) is 5.68. The number of carboxylic acids is 1. The molecule has 0 aromatic carbocycles. The average molecular weight is 284 g/mol. The summed E-state index contributed by atoms with van der Waals surface area (Å²) in [6.07, 6.45) is 5.04. The highest BCUT2D eigenvalue weighted by molar-refractivity contribution is 5.74. The lowest BCUT2D eigenvalue weighted by atomic mass is 9.92. The summed E-state index contributed by atoms with van der Waals surface area (Å²) < 4.78 is 5.47. The lowest BCUT2D eigenvalue weighted by Gasteiger charge is -2.32. The fourth-order valence-electron chi connectivity index (χ4n) is 2.87. The van der Waals surface area contributed by atoms with E-state index in [9.17, 15) is 9.59 Å². The summed E-state index contributed by atoms with van der Waals surface area (Å²) in [5, 5.41) is 11.6. The Kier molecular flexibility index (Phi) is 5.64. The maximum atomic E-state index is 12.0. The topological polar surface area (TPSA) is 78.9 Å². The fourth-order valence-corrected chi connectivity index (χ4v) is 2.87. The minimum Gasteiger partial charge on any atom is -0.481 e. The third kappa shape index (κ3) is 4.67. The zero-order valence-electron chi connectivity index (χ0n) is 11.8. The molecule has 2 saturated heterocycles. The van der Waals surface area contributed by atoms with Crippen molar-refractivity contribution < 1.29 is 19.4 Å². The number of carboxylic acid groups (broad SMARTS) is 1. The molecular formula is C14H24N2O4. The predicted octanol–water partition coefficient (Wildman–Crippen LogP) is 1.45. The molecule has 0 aromatic rings. The largest absolute Gasteiger partial charge is 0.481 e. The Balaban J connectivity index is 1.62. The number of carbonyl (C=O) groups excluding carboxylic acids is 1. The molecule has 2 heterocycles. The van der Waals surface area contributed by atoms with Crippen molar-refractivity contribution in [2.45, 2.75) is 44.6 Å². The van der Waals surface area contributed by atoms with Crippen molar-refractivity contribution in [3.05, 3.63) is 0 Å². The number of aliphatic carboxylic acids is 1. The van der Waals surface area contributed by atoms with Gasteiger partial charge in [-0.05, 0) is 38.0 Å². The Morgan fingerprint density at radius 1 is 1.25 bits per heavy atom. The van der Waals surface area contributed by atoms with Crippen LogP contribution in [0.4, 0.5) is 4.79 Å². The summed E-state index contributed by atoms with van der Waals surface area (Å²) >= 11 is 0. The van der Waals surface area contributed by atoms with E-state index in [-0.39, 0.29) is 18.6 Å². The van der Waals surface area contributed by atoms with Crippen LogP contribution in [-0.4, -0.2) is 54.4 Å². The van der Waals surface area contributed by atoms with Gasteiger partial charge in [0, 0.05) is 32.7 Å². The predicted molar refractivity (Wildman–Crippen MR) is 73.5 cm³/mol. The lowest BCUT2D eigenvalue weighted by Crippen LogP contribution is -2.46. The molecule has 6 heteroatoms. The SMILES string of the molecule is O=C(O)CCC1CCN(C(=O)NCC2CCCO2)CC1. The number of rotatable bonds is 5. The van der Waals surface area contributed by atoms with Crippen LogP contribution in [-0.2, 0) is 9.53 Å². The number of ether oxygens (including phenoxy) is 1. The minimum atomic E-state index is -0.735. The highest BCUT2D eigenvalue weighted by Gasteiger charge is 2.24. The maximum Gasteiger partial charge on any atom is 0.317 e. The molecule has 0 spiro atoms. The van der Waals surface area contributed by atoms with Crippen LogP contribution in [0.25, 0.3) is 0 Å². The van der Waals surface area contributed by atoms with Gasteiger partial charge in [-0.3, -0.25) is 4.79 Å². The van der Waals surface area contributed by atoms with Gasteiger partial charge in [0.05, 0.1) is 6.10 Å². The van der Waals surface area contributed by atoms with Crippen molar-refractivity contribution in [2.75, 3.05) is 26.2 Å². The van der Waals surface area contributed by atoms with Crippen LogP contribution in [0.3, 0.4) is 0 Å². The van der Waals surface area contributed by atoms with Crippen molar-refractivity contribution in [1.29, 1.82) is 0 Å². The molecule has 0 radical (unpaired) electrons. The van der Waals surface area contributed by atoms with E-state index in [4.69, 9.17) is 9.84 Å². The van der Waals surface area contributed by atoms with E-state index in [2.05, 4.69) is 5.32 Å². The van der Waals surface area contributed by atoms with E-state index in [0.29, 0.717) is 12.5 Å². The van der Waals surface area contributed by atoms with Crippen LogP contribution >= 0.6 is 0 Å². The van der Waals surface area contributed by atoms with Crippen molar-refractivity contribution in [1.82, 2.24) is 10.2 Å². The van der Waals surface area contributed by atoms with E-state index >= 15 is 0 Å². The van der Waals surface area contributed by atoms with E-state index in [1.807, 2.05) is 4.90 Å². The van der Waals surface area contributed by atoms with Crippen LogP contribution < -0.4 is 5.32 Å². The van der Waals surface area contributed by atoms with Crippen molar-refractivity contribution in [2.24, 2.45) is 5.92 Å². The molecule has 20 heavy (non-hydrogen) atoms. The van der Waals surface area contributed by atoms with Crippen LogP contribution in [0.5, 0.6) is 0 Å². The van der Waals surface area contributed by atoms with Gasteiger partial charge in [0.15, 0.2) is 0 Å². The van der Waals surface area contributed by atoms with E-state index in [1.54, 1.807) is 0 Å². The van der Waals surface area contributed by atoms with Crippen LogP contribution in [0.15, 0.2) is 0 Å². The molecule has 1 unspecified atom stereocenters. The molecule has 0 saturated carbocycles. The summed E-state index contributed by atoms with van der Waals surface area (Å²) in [6.45, 7) is 2.84. The number of carbonyl (C=O) groups is 2. The van der Waals surface area contributed by atoms with E-state index < -0.39 is 5.97 Å². The summed E-state index contributed by atoms with van der Waals surface area (Å²) in [5.41, 5.74) is 0. The summed E-state index contributed by atoms with van der Waals surface area (Å²) in [6, 6.07) is -0.0165. The molecule has 2 amide bonds. The van der Waals surface area contributed by atoms with E-state index in [0.717, 1.165) is 51.8 Å². The Morgan fingerprint density at radius 2 is 2.00 bits per heavy atom. The molecule has 0 bridgehead atoms. The number of urea groups is 1. The number of piperidine rings is 1. The van der Waals surface area contributed by atoms with Gasteiger partial charge in [-0.25, -0.2) is 4.79 Å².